The van der Waals surface area contributed by atoms with Crippen LogP contribution in [0.25, 0.3) is 5.52 Å². The second-order valence-corrected chi connectivity index (χ2v) is 6.26. The van der Waals surface area contributed by atoms with Crippen LogP contribution in [0, 0.1) is 6.92 Å². The molecular formula is C18H17N5O3. The molecule has 132 valence electrons. The van der Waals surface area contributed by atoms with Gasteiger partial charge in [-0.2, -0.15) is 5.10 Å². The van der Waals surface area contributed by atoms with Gasteiger partial charge in [0, 0.05) is 31.0 Å². The van der Waals surface area contributed by atoms with Gasteiger partial charge >= 0.3 is 5.97 Å². The standard InChI is InChI=1S/C18H17N5O3/c1-10-14(18(25)26)8-23-16(10)17(19-9-20-23)21-13-4-3-12-5-6-22(11(2)24)15(12)7-13/h3-4,7-9H,5-6H2,1-2H3,(H,25,26)(H,19,20,21). The summed E-state index contributed by atoms with van der Waals surface area (Å²) in [7, 11) is 0. The van der Waals surface area contributed by atoms with Crippen LogP contribution in [-0.2, 0) is 11.2 Å². The molecule has 8 nitrogen and oxygen atoms in total. The van der Waals surface area contributed by atoms with Gasteiger partial charge in [0.2, 0.25) is 5.91 Å². The summed E-state index contributed by atoms with van der Waals surface area (Å²) in [5, 5.41) is 16.6. The monoisotopic (exact) mass is 351 g/mol. The molecule has 2 aromatic heterocycles. The van der Waals surface area contributed by atoms with E-state index in [1.54, 1.807) is 18.7 Å². The number of aryl methyl sites for hydroxylation is 1. The molecule has 0 radical (unpaired) electrons. The lowest BCUT2D eigenvalue weighted by Crippen LogP contribution is -2.25. The van der Waals surface area contributed by atoms with Gasteiger partial charge in [-0.05, 0) is 36.6 Å². The number of aromatic carboxylic acids is 1. The molecule has 26 heavy (non-hydrogen) atoms. The van der Waals surface area contributed by atoms with Crippen LogP contribution >= 0.6 is 0 Å². The molecule has 0 saturated heterocycles. The lowest BCUT2D eigenvalue weighted by Gasteiger charge is -2.16. The van der Waals surface area contributed by atoms with Crippen molar-refractivity contribution in [3.05, 3.63) is 47.4 Å². The topological polar surface area (TPSA) is 99.8 Å². The highest BCUT2D eigenvalue weighted by Crippen LogP contribution is 2.33. The Hall–Kier alpha value is -3.42. The smallest absolute Gasteiger partial charge is 0.337 e. The highest BCUT2D eigenvalue weighted by atomic mass is 16.4. The summed E-state index contributed by atoms with van der Waals surface area (Å²) >= 11 is 0. The molecule has 3 heterocycles. The minimum Gasteiger partial charge on any atom is -0.478 e. The molecule has 0 aliphatic carbocycles. The predicted octanol–water partition coefficient (Wildman–Crippen LogP) is 2.39. The fraction of sp³-hybridized carbons (Fsp3) is 0.222. The van der Waals surface area contributed by atoms with E-state index in [1.165, 1.54) is 17.0 Å². The van der Waals surface area contributed by atoms with E-state index in [0.29, 0.717) is 23.4 Å². The molecule has 0 spiro atoms. The third kappa shape index (κ3) is 2.46. The molecule has 0 atom stereocenters. The van der Waals surface area contributed by atoms with Gasteiger partial charge in [-0.3, -0.25) is 4.79 Å². The molecule has 0 saturated carbocycles. The van der Waals surface area contributed by atoms with Crippen LogP contribution in [0.15, 0.2) is 30.7 Å². The Balaban J connectivity index is 1.76. The molecule has 1 aliphatic heterocycles. The van der Waals surface area contributed by atoms with E-state index in [1.807, 2.05) is 18.2 Å². The van der Waals surface area contributed by atoms with E-state index in [-0.39, 0.29) is 11.5 Å². The molecule has 3 aromatic rings. The van der Waals surface area contributed by atoms with Crippen LogP contribution in [-0.4, -0.2) is 38.1 Å². The van der Waals surface area contributed by atoms with Gasteiger partial charge in [0.1, 0.15) is 11.8 Å². The third-order valence-corrected chi connectivity index (χ3v) is 4.68. The third-order valence-electron chi connectivity index (χ3n) is 4.68. The zero-order valence-corrected chi connectivity index (χ0v) is 14.4. The normalized spacial score (nSPS) is 13.1. The average molecular weight is 351 g/mol. The zero-order chi connectivity index (χ0) is 18.4. The molecule has 8 heteroatoms. The summed E-state index contributed by atoms with van der Waals surface area (Å²) in [5.41, 5.74) is 4.18. The Labute approximate surface area is 149 Å². The van der Waals surface area contributed by atoms with Crippen molar-refractivity contribution in [2.75, 3.05) is 16.8 Å². The van der Waals surface area contributed by atoms with Crippen LogP contribution < -0.4 is 10.2 Å². The molecule has 1 aromatic carbocycles. The quantitative estimate of drug-likeness (QED) is 0.751. The summed E-state index contributed by atoms with van der Waals surface area (Å²) < 4.78 is 1.50. The minimum absolute atomic E-state index is 0.0128. The number of carboxylic acid groups (broad SMARTS) is 1. The fourth-order valence-corrected chi connectivity index (χ4v) is 3.39. The number of carbonyl (C=O) groups is 2. The van der Waals surface area contributed by atoms with E-state index < -0.39 is 5.97 Å². The van der Waals surface area contributed by atoms with E-state index in [9.17, 15) is 14.7 Å². The van der Waals surface area contributed by atoms with Gasteiger partial charge in [0.25, 0.3) is 0 Å². The van der Waals surface area contributed by atoms with Gasteiger partial charge in [-0.1, -0.05) is 6.07 Å². The molecule has 2 N–H and O–H groups in total. The van der Waals surface area contributed by atoms with Crippen molar-refractivity contribution in [3.8, 4) is 0 Å². The van der Waals surface area contributed by atoms with Gasteiger partial charge in [0.15, 0.2) is 5.82 Å². The molecule has 4 rings (SSSR count). The average Bonchev–Trinajstić information content (AvgIpc) is 3.16. The summed E-state index contributed by atoms with van der Waals surface area (Å²) in [6.45, 7) is 3.97. The minimum atomic E-state index is -1.01. The first-order valence-corrected chi connectivity index (χ1v) is 8.20. The Bertz CT molecular complexity index is 1060. The number of carboxylic acids is 1. The van der Waals surface area contributed by atoms with Crippen LogP contribution in [0.4, 0.5) is 17.2 Å². The highest BCUT2D eigenvalue weighted by Gasteiger charge is 2.23. The number of rotatable bonds is 3. The SMILES string of the molecule is CC(=O)N1CCc2ccc(Nc3ncnn4cc(C(=O)O)c(C)c34)cc21. The number of hydrogen-bond acceptors (Lipinski definition) is 5. The first kappa shape index (κ1) is 16.1. The number of fused-ring (bicyclic) bond motifs is 2. The Morgan fingerprint density at radius 3 is 2.85 bits per heavy atom. The van der Waals surface area contributed by atoms with Crippen LogP contribution in [0.5, 0.6) is 0 Å². The number of amides is 1. The van der Waals surface area contributed by atoms with Crippen LogP contribution in [0.1, 0.15) is 28.4 Å². The second-order valence-electron chi connectivity index (χ2n) is 6.26. The van der Waals surface area contributed by atoms with Gasteiger partial charge in [-0.15, -0.1) is 0 Å². The van der Waals surface area contributed by atoms with Crippen molar-refractivity contribution in [2.45, 2.75) is 20.3 Å². The Morgan fingerprint density at radius 2 is 2.12 bits per heavy atom. The van der Waals surface area contributed by atoms with E-state index in [4.69, 9.17) is 0 Å². The Kier molecular flexibility index (Phi) is 3.61. The fourth-order valence-electron chi connectivity index (χ4n) is 3.39. The van der Waals surface area contributed by atoms with Gasteiger partial charge in [-0.25, -0.2) is 14.3 Å². The van der Waals surface area contributed by atoms with E-state index in [2.05, 4.69) is 15.4 Å². The number of anilines is 3. The summed E-state index contributed by atoms with van der Waals surface area (Å²) in [6.07, 6.45) is 3.68. The number of hydrogen-bond donors (Lipinski definition) is 2. The molecule has 1 amide bonds. The van der Waals surface area contributed by atoms with Gasteiger partial charge in [0.05, 0.1) is 5.56 Å². The van der Waals surface area contributed by atoms with Crippen molar-refractivity contribution in [1.82, 2.24) is 14.6 Å². The van der Waals surface area contributed by atoms with E-state index in [0.717, 1.165) is 23.4 Å². The number of nitrogens with one attached hydrogen (secondary N) is 1. The molecular weight excluding hydrogens is 334 g/mol. The van der Waals surface area contributed by atoms with Crippen molar-refractivity contribution >= 4 is 34.6 Å². The highest BCUT2D eigenvalue weighted by molar-refractivity contribution is 5.96. The van der Waals surface area contributed by atoms with Crippen LogP contribution in [0.3, 0.4) is 0 Å². The predicted molar refractivity (Wildman–Crippen MR) is 96.1 cm³/mol. The first-order valence-electron chi connectivity index (χ1n) is 8.20. The van der Waals surface area contributed by atoms with Crippen LogP contribution in [0.2, 0.25) is 0 Å². The number of aromatic nitrogens is 3. The molecule has 0 bridgehead atoms. The van der Waals surface area contributed by atoms with Crippen molar-refractivity contribution < 1.29 is 14.7 Å². The van der Waals surface area contributed by atoms with Crippen molar-refractivity contribution in [2.24, 2.45) is 0 Å². The second kappa shape index (κ2) is 5.83. The summed E-state index contributed by atoms with van der Waals surface area (Å²) in [4.78, 5) is 29.2. The maximum atomic E-state index is 11.8. The Morgan fingerprint density at radius 1 is 1.31 bits per heavy atom. The number of nitrogens with zero attached hydrogens (tertiary/aromatic N) is 4. The first-order chi connectivity index (χ1) is 12.5. The van der Waals surface area contributed by atoms with Gasteiger partial charge < -0.3 is 15.3 Å². The van der Waals surface area contributed by atoms with Crippen molar-refractivity contribution in [1.29, 1.82) is 0 Å². The molecule has 0 unspecified atom stereocenters. The maximum absolute atomic E-state index is 11.8. The molecule has 0 fully saturated rings. The van der Waals surface area contributed by atoms with Crippen molar-refractivity contribution in [3.63, 3.8) is 0 Å². The van der Waals surface area contributed by atoms with E-state index >= 15 is 0 Å². The lowest BCUT2D eigenvalue weighted by molar-refractivity contribution is -0.116. The largest absolute Gasteiger partial charge is 0.478 e. The number of carbonyl (C=O) groups excluding carboxylic acids is 1. The zero-order valence-electron chi connectivity index (χ0n) is 14.4. The summed E-state index contributed by atoms with van der Waals surface area (Å²) in [5.74, 6) is -0.482. The number of benzene rings is 1. The molecule has 1 aliphatic rings. The summed E-state index contributed by atoms with van der Waals surface area (Å²) in [6, 6.07) is 5.84. The maximum Gasteiger partial charge on any atom is 0.337 e. The lowest BCUT2D eigenvalue weighted by atomic mass is 10.1.